The van der Waals surface area contributed by atoms with Gasteiger partial charge >= 0.3 is 5.82 Å². The molecule has 1 aromatic heterocycles. The summed E-state index contributed by atoms with van der Waals surface area (Å²) in [7, 11) is 0. The summed E-state index contributed by atoms with van der Waals surface area (Å²) in [6.07, 6.45) is 1.33. The van der Waals surface area contributed by atoms with Crippen LogP contribution in [0.2, 0.25) is 0 Å². The zero-order valence-electron chi connectivity index (χ0n) is 5.97. The van der Waals surface area contributed by atoms with Gasteiger partial charge in [0.15, 0.2) is 0 Å². The van der Waals surface area contributed by atoms with E-state index in [9.17, 15) is 10.1 Å². The molecule has 0 spiro atoms. The quantitative estimate of drug-likeness (QED) is 0.613. The third-order valence-electron chi connectivity index (χ3n) is 1.25. The summed E-state index contributed by atoms with van der Waals surface area (Å²) < 4.78 is 1.45. The highest BCUT2D eigenvalue weighted by atomic mass is 79.9. The van der Waals surface area contributed by atoms with E-state index in [-0.39, 0.29) is 19.0 Å². The highest BCUT2D eigenvalue weighted by molar-refractivity contribution is 9.10. The maximum Gasteiger partial charge on any atom is 0.359 e. The lowest BCUT2D eigenvalue weighted by atomic mass is 10.6. The SMILES string of the molecule is O=[N+]([O-])c1c(Br)cnn1CCO. The highest BCUT2D eigenvalue weighted by Crippen LogP contribution is 2.23. The van der Waals surface area contributed by atoms with Gasteiger partial charge in [-0.3, -0.25) is 0 Å². The number of aliphatic hydroxyl groups is 1. The minimum absolute atomic E-state index is 0.127. The second-order valence-corrected chi connectivity index (χ2v) is 2.87. The summed E-state index contributed by atoms with van der Waals surface area (Å²) in [6, 6.07) is 0. The monoisotopic (exact) mass is 235 g/mol. The van der Waals surface area contributed by atoms with Gasteiger partial charge in [-0.25, -0.2) is 0 Å². The molecule has 0 saturated carbocycles. The fraction of sp³-hybridized carbons (Fsp3) is 0.400. The molecule has 0 aromatic carbocycles. The van der Waals surface area contributed by atoms with Crippen LogP contribution in [0, 0.1) is 10.1 Å². The normalized spacial score (nSPS) is 10.2. The first kappa shape index (κ1) is 9.14. The lowest BCUT2D eigenvalue weighted by Gasteiger charge is -1.96. The first-order valence-electron chi connectivity index (χ1n) is 3.13. The molecular formula is C5H6BrN3O3. The Morgan fingerprint density at radius 2 is 2.50 bits per heavy atom. The van der Waals surface area contributed by atoms with E-state index < -0.39 is 4.92 Å². The molecule has 0 bridgehead atoms. The molecule has 66 valence electrons. The van der Waals surface area contributed by atoms with Crippen LogP contribution in [0.4, 0.5) is 5.82 Å². The molecule has 0 aliphatic carbocycles. The average Bonchev–Trinajstić information content (AvgIpc) is 2.32. The number of hydrogen-bond acceptors (Lipinski definition) is 4. The summed E-state index contributed by atoms with van der Waals surface area (Å²) in [5.74, 6) is -0.135. The maximum absolute atomic E-state index is 10.4. The van der Waals surface area contributed by atoms with Crippen molar-refractivity contribution in [2.75, 3.05) is 6.61 Å². The molecule has 0 unspecified atom stereocenters. The smallest absolute Gasteiger partial charge is 0.359 e. The van der Waals surface area contributed by atoms with Crippen LogP contribution in [0.15, 0.2) is 10.7 Å². The van der Waals surface area contributed by atoms with Gasteiger partial charge in [-0.1, -0.05) is 5.10 Å². The molecule has 0 aliphatic heterocycles. The summed E-state index contributed by atoms with van der Waals surface area (Å²) in [5.41, 5.74) is 0. The Bertz CT molecular complexity index is 298. The molecule has 7 heteroatoms. The van der Waals surface area contributed by atoms with Crippen LogP contribution in [0.3, 0.4) is 0 Å². The average molecular weight is 236 g/mol. The molecule has 1 aromatic rings. The Morgan fingerprint density at radius 3 is 3.00 bits per heavy atom. The van der Waals surface area contributed by atoms with Gasteiger partial charge in [0.1, 0.15) is 11.0 Å². The zero-order chi connectivity index (χ0) is 9.14. The van der Waals surface area contributed by atoms with E-state index in [0.29, 0.717) is 4.47 Å². The fourth-order valence-electron chi connectivity index (χ4n) is 0.796. The topological polar surface area (TPSA) is 81.2 Å². The Hall–Kier alpha value is -0.950. The van der Waals surface area contributed by atoms with E-state index in [1.165, 1.54) is 6.20 Å². The van der Waals surface area contributed by atoms with Gasteiger partial charge in [-0.05, 0) is 20.9 Å². The van der Waals surface area contributed by atoms with Gasteiger partial charge in [-0.2, -0.15) is 0 Å². The first-order chi connectivity index (χ1) is 5.66. The Labute approximate surface area is 76.1 Å². The summed E-state index contributed by atoms with van der Waals surface area (Å²) in [5, 5.41) is 22.6. The number of nitrogens with zero attached hydrogens (tertiary/aromatic N) is 3. The second kappa shape index (κ2) is 3.63. The molecular weight excluding hydrogens is 230 g/mol. The van der Waals surface area contributed by atoms with Gasteiger partial charge in [-0.15, -0.1) is 4.68 Å². The molecule has 0 amide bonds. The lowest BCUT2D eigenvalue weighted by Crippen LogP contribution is -2.07. The fourth-order valence-corrected chi connectivity index (χ4v) is 1.24. The van der Waals surface area contributed by atoms with Gasteiger partial charge < -0.3 is 15.2 Å². The van der Waals surface area contributed by atoms with E-state index >= 15 is 0 Å². The summed E-state index contributed by atoms with van der Waals surface area (Å²) >= 11 is 2.98. The molecule has 0 saturated heterocycles. The van der Waals surface area contributed by atoms with E-state index in [1.807, 2.05) is 0 Å². The van der Waals surface area contributed by atoms with Crippen LogP contribution in [-0.4, -0.2) is 26.4 Å². The van der Waals surface area contributed by atoms with Crippen LogP contribution >= 0.6 is 15.9 Å². The first-order valence-corrected chi connectivity index (χ1v) is 3.92. The zero-order valence-corrected chi connectivity index (χ0v) is 7.56. The van der Waals surface area contributed by atoms with Gasteiger partial charge in [0.25, 0.3) is 0 Å². The van der Waals surface area contributed by atoms with E-state index in [0.717, 1.165) is 4.68 Å². The van der Waals surface area contributed by atoms with Crippen molar-refractivity contribution in [2.24, 2.45) is 0 Å². The highest BCUT2D eigenvalue weighted by Gasteiger charge is 2.18. The van der Waals surface area contributed by atoms with Crippen LogP contribution in [0.25, 0.3) is 0 Å². The van der Waals surface area contributed by atoms with Gasteiger partial charge in [0.2, 0.25) is 0 Å². The number of aromatic nitrogens is 2. The molecule has 0 aliphatic rings. The maximum atomic E-state index is 10.4. The Morgan fingerprint density at radius 1 is 1.83 bits per heavy atom. The predicted octanol–water partition coefficient (Wildman–Crippen LogP) is 0.546. The molecule has 1 heterocycles. The molecule has 12 heavy (non-hydrogen) atoms. The van der Waals surface area contributed by atoms with Crippen molar-refractivity contribution in [3.8, 4) is 0 Å². The Balaban J connectivity index is 3.04. The number of nitro groups is 1. The number of hydrogen-bond donors (Lipinski definition) is 1. The molecule has 0 atom stereocenters. The van der Waals surface area contributed by atoms with Crippen molar-refractivity contribution in [2.45, 2.75) is 6.54 Å². The summed E-state index contributed by atoms with van der Waals surface area (Å²) in [4.78, 5) is 9.86. The number of aliphatic hydroxyl groups excluding tert-OH is 1. The van der Waals surface area contributed by atoms with Crippen LogP contribution in [0.5, 0.6) is 0 Å². The lowest BCUT2D eigenvalue weighted by molar-refractivity contribution is -0.393. The van der Waals surface area contributed by atoms with Crippen LogP contribution < -0.4 is 0 Å². The van der Waals surface area contributed by atoms with Crippen molar-refractivity contribution in [1.82, 2.24) is 9.78 Å². The van der Waals surface area contributed by atoms with Crippen LogP contribution in [-0.2, 0) is 6.54 Å². The van der Waals surface area contributed by atoms with Crippen molar-refractivity contribution in [1.29, 1.82) is 0 Å². The minimum Gasteiger partial charge on any atom is -0.392 e. The van der Waals surface area contributed by atoms with Crippen molar-refractivity contribution < 1.29 is 10.0 Å². The van der Waals surface area contributed by atoms with Crippen molar-refractivity contribution in [3.63, 3.8) is 0 Å². The van der Waals surface area contributed by atoms with E-state index in [1.54, 1.807) is 0 Å². The molecule has 1 N–H and O–H groups in total. The number of rotatable bonds is 3. The van der Waals surface area contributed by atoms with Crippen molar-refractivity contribution in [3.05, 3.63) is 20.8 Å². The Kier molecular flexibility index (Phi) is 2.77. The third-order valence-corrected chi connectivity index (χ3v) is 1.81. The third kappa shape index (κ3) is 1.62. The standard InChI is InChI=1S/C5H6BrN3O3/c6-4-3-7-8(1-2-10)5(4)9(11)12/h3,10H,1-2H2. The minimum atomic E-state index is -0.549. The van der Waals surface area contributed by atoms with Gasteiger partial charge in [0, 0.05) is 0 Å². The van der Waals surface area contributed by atoms with E-state index in [2.05, 4.69) is 21.0 Å². The predicted molar refractivity (Wildman–Crippen MR) is 43.7 cm³/mol. The molecule has 6 nitrogen and oxygen atoms in total. The molecule has 0 fully saturated rings. The van der Waals surface area contributed by atoms with Crippen LogP contribution in [0.1, 0.15) is 0 Å². The van der Waals surface area contributed by atoms with E-state index in [4.69, 9.17) is 5.11 Å². The molecule has 0 radical (unpaired) electrons. The van der Waals surface area contributed by atoms with Gasteiger partial charge in [0.05, 0.1) is 12.8 Å². The number of halogens is 1. The van der Waals surface area contributed by atoms with Crippen molar-refractivity contribution >= 4 is 21.7 Å². The second-order valence-electron chi connectivity index (χ2n) is 2.02. The summed E-state index contributed by atoms with van der Waals surface area (Å²) in [6.45, 7) is -0.0448. The molecule has 1 rings (SSSR count). The largest absolute Gasteiger partial charge is 0.392 e.